The van der Waals surface area contributed by atoms with Crippen molar-refractivity contribution in [3.63, 3.8) is 0 Å². The van der Waals surface area contributed by atoms with Gasteiger partial charge in [0.1, 0.15) is 11.6 Å². The molecule has 2 aromatic rings. The molecule has 0 saturated heterocycles. The first-order valence-electron chi connectivity index (χ1n) is 6.94. The Kier molecular flexibility index (Phi) is 5.74. The van der Waals surface area contributed by atoms with Gasteiger partial charge in [-0.05, 0) is 30.3 Å². The molecule has 0 aromatic heterocycles. The minimum Gasteiger partial charge on any atom is -0.493 e. The molecule has 0 spiro atoms. The number of hydrogen-bond donors (Lipinski definition) is 0. The number of ether oxygens (including phenoxy) is 3. The van der Waals surface area contributed by atoms with E-state index in [1.807, 2.05) is 0 Å². The van der Waals surface area contributed by atoms with Crippen LogP contribution in [-0.2, 0) is 0 Å². The molecule has 0 N–H and O–H groups in total. The maximum Gasteiger partial charge on any atom is 0.273 e. The Balaban J connectivity index is 1.82. The average molecular weight is 321 g/mol. The molecule has 6 nitrogen and oxygen atoms in total. The van der Waals surface area contributed by atoms with Crippen LogP contribution < -0.4 is 14.2 Å². The molecule has 122 valence electrons. The Hall–Kier alpha value is -2.83. The van der Waals surface area contributed by atoms with E-state index < -0.39 is 4.92 Å². The van der Waals surface area contributed by atoms with Gasteiger partial charge in [0.2, 0.25) is 0 Å². The molecule has 0 aliphatic carbocycles. The molecular weight excluding hydrogens is 305 g/mol. The maximum absolute atomic E-state index is 12.7. The van der Waals surface area contributed by atoms with Crippen LogP contribution in [0.25, 0.3) is 0 Å². The van der Waals surface area contributed by atoms with Gasteiger partial charge in [-0.3, -0.25) is 10.1 Å². The standard InChI is InChI=1S/C16H16FNO5/c1-21-15-8-5-13(18(19)20)11-16(15)23-10-2-9-22-14-6-3-12(17)4-7-14/h3-8,11H,2,9-10H2,1H3. The summed E-state index contributed by atoms with van der Waals surface area (Å²) in [6, 6.07) is 9.88. The van der Waals surface area contributed by atoms with E-state index in [1.165, 1.54) is 37.4 Å². The van der Waals surface area contributed by atoms with Crippen molar-refractivity contribution in [3.8, 4) is 17.2 Å². The summed E-state index contributed by atoms with van der Waals surface area (Å²) in [7, 11) is 1.46. The lowest BCUT2D eigenvalue weighted by Gasteiger charge is -2.11. The van der Waals surface area contributed by atoms with E-state index >= 15 is 0 Å². The number of benzene rings is 2. The van der Waals surface area contributed by atoms with Crippen molar-refractivity contribution in [2.45, 2.75) is 6.42 Å². The lowest BCUT2D eigenvalue weighted by molar-refractivity contribution is -0.385. The zero-order valence-electron chi connectivity index (χ0n) is 12.5. The van der Waals surface area contributed by atoms with Crippen LogP contribution in [0.1, 0.15) is 6.42 Å². The molecule has 0 atom stereocenters. The molecule has 0 saturated carbocycles. The fraction of sp³-hybridized carbons (Fsp3) is 0.250. The second kappa shape index (κ2) is 7.98. The van der Waals surface area contributed by atoms with Gasteiger partial charge < -0.3 is 14.2 Å². The topological polar surface area (TPSA) is 70.8 Å². The van der Waals surface area contributed by atoms with Crippen LogP contribution in [0.4, 0.5) is 10.1 Å². The molecule has 0 bridgehead atoms. The number of methoxy groups -OCH3 is 1. The minimum atomic E-state index is -0.496. The third-order valence-corrected chi connectivity index (χ3v) is 2.99. The number of rotatable bonds is 8. The average Bonchev–Trinajstić information content (AvgIpc) is 2.56. The van der Waals surface area contributed by atoms with Gasteiger partial charge in [-0.1, -0.05) is 0 Å². The SMILES string of the molecule is COc1ccc([N+](=O)[O-])cc1OCCCOc1ccc(F)cc1. The second-order valence-electron chi connectivity index (χ2n) is 4.60. The summed E-state index contributed by atoms with van der Waals surface area (Å²) in [4.78, 5) is 10.3. The quantitative estimate of drug-likeness (QED) is 0.422. The molecule has 0 unspecified atom stereocenters. The van der Waals surface area contributed by atoms with E-state index in [0.29, 0.717) is 36.9 Å². The molecular formula is C16H16FNO5. The first kappa shape index (κ1) is 16.5. The van der Waals surface area contributed by atoms with Crippen molar-refractivity contribution >= 4 is 5.69 Å². The van der Waals surface area contributed by atoms with Crippen molar-refractivity contribution in [1.82, 2.24) is 0 Å². The number of hydrogen-bond acceptors (Lipinski definition) is 5. The van der Waals surface area contributed by atoms with Gasteiger partial charge in [-0.2, -0.15) is 0 Å². The van der Waals surface area contributed by atoms with Crippen LogP contribution in [0.5, 0.6) is 17.2 Å². The zero-order chi connectivity index (χ0) is 16.7. The monoisotopic (exact) mass is 321 g/mol. The van der Waals surface area contributed by atoms with Crippen LogP contribution in [-0.4, -0.2) is 25.2 Å². The smallest absolute Gasteiger partial charge is 0.273 e. The summed E-state index contributed by atoms with van der Waals surface area (Å²) in [5, 5.41) is 10.8. The fourth-order valence-electron chi connectivity index (χ4n) is 1.85. The summed E-state index contributed by atoms with van der Waals surface area (Å²) in [5.74, 6) is 0.983. The van der Waals surface area contributed by atoms with Crippen LogP contribution in [0.2, 0.25) is 0 Å². The van der Waals surface area contributed by atoms with Gasteiger partial charge in [0, 0.05) is 12.5 Å². The first-order chi connectivity index (χ1) is 11.1. The van der Waals surface area contributed by atoms with Gasteiger partial charge >= 0.3 is 0 Å². The predicted molar refractivity (Wildman–Crippen MR) is 81.7 cm³/mol. The van der Waals surface area contributed by atoms with Crippen molar-refractivity contribution in [3.05, 3.63) is 58.4 Å². The Bertz CT molecular complexity index is 660. The molecule has 0 amide bonds. The third-order valence-electron chi connectivity index (χ3n) is 2.99. The fourth-order valence-corrected chi connectivity index (χ4v) is 1.85. The normalized spacial score (nSPS) is 10.2. The molecule has 23 heavy (non-hydrogen) atoms. The van der Waals surface area contributed by atoms with E-state index in [0.717, 1.165) is 0 Å². The molecule has 7 heteroatoms. The Morgan fingerprint density at radius 2 is 1.74 bits per heavy atom. The number of halogens is 1. The van der Waals surface area contributed by atoms with E-state index in [9.17, 15) is 14.5 Å². The predicted octanol–water partition coefficient (Wildman–Crippen LogP) is 3.59. The summed E-state index contributed by atoms with van der Waals surface area (Å²) in [6.45, 7) is 0.682. The van der Waals surface area contributed by atoms with Crippen LogP contribution >= 0.6 is 0 Å². The molecule has 2 rings (SSSR count). The highest BCUT2D eigenvalue weighted by atomic mass is 19.1. The van der Waals surface area contributed by atoms with Gasteiger partial charge in [0.25, 0.3) is 5.69 Å². The van der Waals surface area contributed by atoms with Gasteiger partial charge in [0.05, 0.1) is 31.3 Å². The molecule has 0 heterocycles. The van der Waals surface area contributed by atoms with Crippen LogP contribution in [0.15, 0.2) is 42.5 Å². The maximum atomic E-state index is 12.7. The largest absolute Gasteiger partial charge is 0.493 e. The summed E-state index contributed by atoms with van der Waals surface area (Å²) >= 11 is 0. The Morgan fingerprint density at radius 1 is 1.04 bits per heavy atom. The highest BCUT2D eigenvalue weighted by Crippen LogP contribution is 2.31. The highest BCUT2D eigenvalue weighted by Gasteiger charge is 2.12. The van der Waals surface area contributed by atoms with Crippen molar-refractivity contribution in [2.24, 2.45) is 0 Å². The van der Waals surface area contributed by atoms with Crippen molar-refractivity contribution < 1.29 is 23.5 Å². The Morgan fingerprint density at radius 3 is 2.39 bits per heavy atom. The zero-order valence-corrected chi connectivity index (χ0v) is 12.5. The number of nitrogens with zero attached hydrogens (tertiary/aromatic N) is 1. The lowest BCUT2D eigenvalue weighted by Crippen LogP contribution is -2.06. The summed E-state index contributed by atoms with van der Waals surface area (Å²) in [5.41, 5.74) is -0.0663. The van der Waals surface area contributed by atoms with Gasteiger partial charge in [-0.15, -0.1) is 0 Å². The lowest BCUT2D eigenvalue weighted by atomic mass is 10.3. The number of non-ortho nitro benzene ring substituents is 1. The molecule has 0 aliphatic heterocycles. The van der Waals surface area contributed by atoms with Gasteiger partial charge in [-0.25, -0.2) is 4.39 Å². The molecule has 2 aromatic carbocycles. The number of nitro benzene ring substituents is 1. The van der Waals surface area contributed by atoms with Gasteiger partial charge in [0.15, 0.2) is 11.5 Å². The van der Waals surface area contributed by atoms with E-state index in [2.05, 4.69) is 0 Å². The van der Waals surface area contributed by atoms with Crippen molar-refractivity contribution in [1.29, 1.82) is 0 Å². The number of nitro groups is 1. The summed E-state index contributed by atoms with van der Waals surface area (Å²) in [6.07, 6.45) is 0.559. The van der Waals surface area contributed by atoms with Crippen molar-refractivity contribution in [2.75, 3.05) is 20.3 Å². The summed E-state index contributed by atoms with van der Waals surface area (Å²) < 4.78 is 28.8. The minimum absolute atomic E-state index is 0.0663. The Labute approximate surface area is 132 Å². The van der Waals surface area contributed by atoms with Crippen LogP contribution in [0.3, 0.4) is 0 Å². The molecule has 0 fully saturated rings. The second-order valence-corrected chi connectivity index (χ2v) is 4.60. The van der Waals surface area contributed by atoms with E-state index in [1.54, 1.807) is 12.1 Å². The van der Waals surface area contributed by atoms with E-state index in [-0.39, 0.29) is 11.5 Å². The van der Waals surface area contributed by atoms with Crippen LogP contribution in [0, 0.1) is 15.9 Å². The molecule has 0 aliphatic rings. The first-order valence-corrected chi connectivity index (χ1v) is 6.94. The van der Waals surface area contributed by atoms with E-state index in [4.69, 9.17) is 14.2 Å². The third kappa shape index (κ3) is 4.84. The highest BCUT2D eigenvalue weighted by molar-refractivity contribution is 5.48. The molecule has 0 radical (unpaired) electrons.